The van der Waals surface area contributed by atoms with Gasteiger partial charge in [0.15, 0.2) is 0 Å². The largest absolute Gasteiger partial charge is 0.330 e. The van der Waals surface area contributed by atoms with E-state index < -0.39 is 0 Å². The van der Waals surface area contributed by atoms with Crippen molar-refractivity contribution in [1.82, 2.24) is 14.5 Å². The maximum absolute atomic E-state index is 6.56. The van der Waals surface area contributed by atoms with Gasteiger partial charge in [0, 0.05) is 16.1 Å². The SMILES string of the molecule is NCCCc1ccc(-n2cnc3cnc4ccc(-c5ccsc5)cc4c32)cc1Cl. The van der Waals surface area contributed by atoms with E-state index in [1.165, 1.54) is 11.1 Å². The van der Waals surface area contributed by atoms with Crippen LogP contribution in [0.25, 0.3) is 38.8 Å². The number of nitrogens with zero attached hydrogens (tertiary/aromatic N) is 3. The minimum Gasteiger partial charge on any atom is -0.330 e. The van der Waals surface area contributed by atoms with Gasteiger partial charge in [0.05, 0.1) is 17.2 Å². The van der Waals surface area contributed by atoms with Crippen molar-refractivity contribution < 1.29 is 0 Å². The molecule has 29 heavy (non-hydrogen) atoms. The van der Waals surface area contributed by atoms with Crippen LogP contribution in [-0.4, -0.2) is 21.1 Å². The number of hydrogen-bond donors (Lipinski definition) is 1. The van der Waals surface area contributed by atoms with Gasteiger partial charge in [-0.25, -0.2) is 4.98 Å². The molecular weight excluding hydrogens is 400 g/mol. The lowest BCUT2D eigenvalue weighted by Crippen LogP contribution is -2.01. The molecule has 144 valence electrons. The van der Waals surface area contributed by atoms with Gasteiger partial charge >= 0.3 is 0 Å². The lowest BCUT2D eigenvalue weighted by atomic mass is 10.1. The summed E-state index contributed by atoms with van der Waals surface area (Å²) in [6, 6.07) is 14.7. The smallest absolute Gasteiger partial charge is 0.108 e. The molecule has 0 unspecified atom stereocenters. The second-order valence-electron chi connectivity index (χ2n) is 7.02. The van der Waals surface area contributed by atoms with Gasteiger partial charge in [-0.2, -0.15) is 11.3 Å². The minimum absolute atomic E-state index is 0.662. The van der Waals surface area contributed by atoms with Crippen LogP contribution in [0.2, 0.25) is 5.02 Å². The number of hydrogen-bond acceptors (Lipinski definition) is 4. The fourth-order valence-electron chi connectivity index (χ4n) is 3.68. The van der Waals surface area contributed by atoms with E-state index in [1.54, 1.807) is 11.3 Å². The second kappa shape index (κ2) is 7.59. The van der Waals surface area contributed by atoms with E-state index in [4.69, 9.17) is 17.3 Å². The van der Waals surface area contributed by atoms with Crippen LogP contribution in [0.4, 0.5) is 0 Å². The zero-order chi connectivity index (χ0) is 19.8. The second-order valence-corrected chi connectivity index (χ2v) is 8.21. The van der Waals surface area contributed by atoms with E-state index >= 15 is 0 Å². The number of aryl methyl sites for hydroxylation is 1. The molecule has 0 saturated heterocycles. The monoisotopic (exact) mass is 418 g/mol. The molecule has 0 aliphatic heterocycles. The Morgan fingerprint density at radius 3 is 2.72 bits per heavy atom. The maximum Gasteiger partial charge on any atom is 0.108 e. The average Bonchev–Trinajstić information content (AvgIpc) is 3.42. The molecule has 2 aromatic carbocycles. The summed E-state index contributed by atoms with van der Waals surface area (Å²) >= 11 is 8.26. The van der Waals surface area contributed by atoms with E-state index in [2.05, 4.69) is 61.7 Å². The summed E-state index contributed by atoms with van der Waals surface area (Å²) < 4.78 is 2.09. The van der Waals surface area contributed by atoms with Crippen molar-refractivity contribution in [3.05, 3.63) is 76.3 Å². The van der Waals surface area contributed by atoms with E-state index in [1.807, 2.05) is 18.6 Å². The molecule has 5 aromatic rings. The molecule has 5 rings (SSSR count). The fourth-order valence-corrected chi connectivity index (χ4v) is 4.61. The topological polar surface area (TPSA) is 56.7 Å². The maximum atomic E-state index is 6.56. The third-order valence-electron chi connectivity index (χ3n) is 5.19. The van der Waals surface area contributed by atoms with Crippen LogP contribution in [0.15, 0.2) is 65.7 Å². The van der Waals surface area contributed by atoms with Crippen LogP contribution in [-0.2, 0) is 6.42 Å². The third-order valence-corrected chi connectivity index (χ3v) is 6.23. The third kappa shape index (κ3) is 3.31. The first-order valence-electron chi connectivity index (χ1n) is 9.52. The number of halogens is 1. The number of pyridine rings is 1. The first-order valence-corrected chi connectivity index (χ1v) is 10.8. The lowest BCUT2D eigenvalue weighted by Gasteiger charge is -2.10. The number of thiophene rings is 1. The standard InChI is InChI=1S/C23H19ClN4S/c24-20-11-18(5-3-15(20)2-1-8-25)28-14-27-22-12-26-21-6-4-16(10-19(21)23(22)28)17-7-9-29-13-17/h3-7,9-14H,1-2,8,25H2. The van der Waals surface area contributed by atoms with Gasteiger partial charge in [0.1, 0.15) is 11.8 Å². The van der Waals surface area contributed by atoms with E-state index in [-0.39, 0.29) is 0 Å². The van der Waals surface area contributed by atoms with Crippen molar-refractivity contribution in [3.8, 4) is 16.8 Å². The molecule has 0 bridgehead atoms. The van der Waals surface area contributed by atoms with Crippen LogP contribution in [0.3, 0.4) is 0 Å². The van der Waals surface area contributed by atoms with Crippen molar-refractivity contribution in [2.24, 2.45) is 5.73 Å². The zero-order valence-corrected chi connectivity index (χ0v) is 17.2. The molecule has 2 N–H and O–H groups in total. The summed E-state index contributed by atoms with van der Waals surface area (Å²) in [6.45, 7) is 0.662. The molecule has 3 aromatic heterocycles. The molecule has 0 fully saturated rings. The number of rotatable bonds is 5. The summed E-state index contributed by atoms with van der Waals surface area (Å²) in [7, 11) is 0. The van der Waals surface area contributed by atoms with Gasteiger partial charge in [-0.05, 0) is 77.2 Å². The van der Waals surface area contributed by atoms with Crippen molar-refractivity contribution in [2.75, 3.05) is 6.54 Å². The highest BCUT2D eigenvalue weighted by Gasteiger charge is 2.12. The van der Waals surface area contributed by atoms with E-state index in [0.717, 1.165) is 51.1 Å². The number of fused-ring (bicyclic) bond motifs is 3. The van der Waals surface area contributed by atoms with E-state index in [0.29, 0.717) is 6.54 Å². The highest BCUT2D eigenvalue weighted by Crippen LogP contribution is 2.31. The van der Waals surface area contributed by atoms with Crippen molar-refractivity contribution in [2.45, 2.75) is 12.8 Å². The molecule has 4 nitrogen and oxygen atoms in total. The van der Waals surface area contributed by atoms with Crippen LogP contribution < -0.4 is 5.73 Å². The van der Waals surface area contributed by atoms with Gasteiger partial charge in [-0.15, -0.1) is 0 Å². The normalized spacial score (nSPS) is 11.5. The van der Waals surface area contributed by atoms with Gasteiger partial charge in [-0.1, -0.05) is 23.7 Å². The molecule has 0 atom stereocenters. The molecule has 0 aliphatic rings. The Morgan fingerprint density at radius 2 is 1.93 bits per heavy atom. The van der Waals surface area contributed by atoms with Crippen LogP contribution in [0, 0.1) is 0 Å². The Labute approximate surface area is 177 Å². The fraction of sp³-hybridized carbons (Fsp3) is 0.130. The Kier molecular flexibility index (Phi) is 4.79. The van der Waals surface area contributed by atoms with Gasteiger partial charge < -0.3 is 5.73 Å². The summed E-state index contributed by atoms with van der Waals surface area (Å²) in [6.07, 6.45) is 5.48. The predicted molar refractivity (Wildman–Crippen MR) is 122 cm³/mol. The Bertz CT molecular complexity index is 1310. The summed E-state index contributed by atoms with van der Waals surface area (Å²) in [4.78, 5) is 9.18. The van der Waals surface area contributed by atoms with Crippen molar-refractivity contribution >= 4 is 44.9 Å². The molecule has 0 amide bonds. The Morgan fingerprint density at radius 1 is 1.00 bits per heavy atom. The predicted octanol–water partition coefficient (Wildman–Crippen LogP) is 5.85. The van der Waals surface area contributed by atoms with Gasteiger partial charge in [0.2, 0.25) is 0 Å². The lowest BCUT2D eigenvalue weighted by molar-refractivity contribution is 0.832. The van der Waals surface area contributed by atoms with Gasteiger partial charge in [0.25, 0.3) is 0 Å². The number of aromatic nitrogens is 3. The number of imidazole rings is 1. The molecule has 0 spiro atoms. The molecule has 0 radical (unpaired) electrons. The highest BCUT2D eigenvalue weighted by atomic mass is 35.5. The summed E-state index contributed by atoms with van der Waals surface area (Å²) in [5.41, 5.74) is 13.0. The molecular formula is C23H19ClN4S. The molecule has 0 saturated carbocycles. The van der Waals surface area contributed by atoms with Gasteiger partial charge in [-0.3, -0.25) is 9.55 Å². The Hall–Kier alpha value is -2.73. The van der Waals surface area contributed by atoms with Crippen molar-refractivity contribution in [1.29, 1.82) is 0 Å². The first kappa shape index (κ1) is 18.3. The Balaban J connectivity index is 1.68. The molecule has 3 heterocycles. The first-order chi connectivity index (χ1) is 14.2. The average molecular weight is 419 g/mol. The van der Waals surface area contributed by atoms with Crippen molar-refractivity contribution in [3.63, 3.8) is 0 Å². The van der Waals surface area contributed by atoms with Crippen LogP contribution in [0.5, 0.6) is 0 Å². The number of nitrogens with two attached hydrogens (primary N) is 1. The quantitative estimate of drug-likeness (QED) is 0.389. The molecule has 0 aliphatic carbocycles. The van der Waals surface area contributed by atoms with Crippen LogP contribution in [0.1, 0.15) is 12.0 Å². The summed E-state index contributed by atoms with van der Waals surface area (Å²) in [5.74, 6) is 0. The highest BCUT2D eigenvalue weighted by molar-refractivity contribution is 7.08. The minimum atomic E-state index is 0.662. The summed E-state index contributed by atoms with van der Waals surface area (Å²) in [5, 5.41) is 6.09. The zero-order valence-electron chi connectivity index (χ0n) is 15.7. The van der Waals surface area contributed by atoms with Crippen LogP contribution >= 0.6 is 22.9 Å². The van der Waals surface area contributed by atoms with E-state index in [9.17, 15) is 0 Å². The number of benzene rings is 2. The molecule has 6 heteroatoms.